The molecular weight excluding hydrogens is 172 g/mol. The summed E-state index contributed by atoms with van der Waals surface area (Å²) in [6, 6.07) is -0.561. The zero-order chi connectivity index (χ0) is 10.4. The van der Waals surface area contributed by atoms with Gasteiger partial charge in [0.25, 0.3) is 0 Å². The average Bonchev–Trinajstić information content (AvgIpc) is 2.02. The highest BCUT2D eigenvalue weighted by atomic mass is 16.4. The third-order valence-electron chi connectivity index (χ3n) is 1.66. The van der Waals surface area contributed by atoms with Crippen molar-refractivity contribution in [2.45, 2.75) is 26.3 Å². The van der Waals surface area contributed by atoms with Crippen LogP contribution in [0.3, 0.4) is 0 Å². The molecule has 1 atom stereocenters. The first-order valence-corrected chi connectivity index (χ1v) is 4.20. The molecule has 76 valence electrons. The molecule has 5 heteroatoms. The van der Waals surface area contributed by atoms with Crippen LogP contribution in [0.4, 0.5) is 0 Å². The molecule has 5 nitrogen and oxygen atoms in total. The number of amides is 1. The fraction of sp³-hybridized carbons (Fsp3) is 0.750. The predicted octanol–water partition coefficient (Wildman–Crippen LogP) is -0.439. The van der Waals surface area contributed by atoms with Gasteiger partial charge >= 0.3 is 5.97 Å². The number of carbonyl (C=O) groups excluding carboxylic acids is 1. The maximum Gasteiger partial charge on any atom is 0.305 e. The molecule has 0 aromatic carbocycles. The van der Waals surface area contributed by atoms with Crippen LogP contribution in [0.1, 0.15) is 20.3 Å². The number of hydrogen-bond acceptors (Lipinski definition) is 3. The zero-order valence-electron chi connectivity index (χ0n) is 7.91. The second-order valence-corrected chi connectivity index (χ2v) is 3.20. The minimum absolute atomic E-state index is 0.0600. The third-order valence-corrected chi connectivity index (χ3v) is 1.66. The summed E-state index contributed by atoms with van der Waals surface area (Å²) in [7, 11) is 0. The monoisotopic (exact) mass is 188 g/mol. The van der Waals surface area contributed by atoms with E-state index in [9.17, 15) is 9.59 Å². The number of carbonyl (C=O) groups is 2. The van der Waals surface area contributed by atoms with Gasteiger partial charge < -0.3 is 16.2 Å². The molecule has 0 rings (SSSR count). The molecule has 0 aromatic heterocycles. The van der Waals surface area contributed by atoms with Gasteiger partial charge in [0.1, 0.15) is 0 Å². The molecule has 0 aliphatic carbocycles. The molecule has 1 amide bonds. The van der Waals surface area contributed by atoms with E-state index in [1.807, 2.05) is 13.8 Å². The Morgan fingerprint density at radius 3 is 2.38 bits per heavy atom. The Bertz CT molecular complexity index is 192. The quantitative estimate of drug-likeness (QED) is 0.545. The lowest BCUT2D eigenvalue weighted by Gasteiger charge is -2.14. The molecule has 0 aliphatic rings. The van der Waals surface area contributed by atoms with E-state index in [4.69, 9.17) is 10.8 Å². The normalized spacial score (nSPS) is 12.6. The van der Waals surface area contributed by atoms with E-state index in [1.54, 1.807) is 0 Å². The summed E-state index contributed by atoms with van der Waals surface area (Å²) in [4.78, 5) is 21.2. The summed E-state index contributed by atoms with van der Waals surface area (Å²) in [5, 5.41) is 10.7. The van der Waals surface area contributed by atoms with Crippen LogP contribution in [-0.4, -0.2) is 29.6 Å². The minimum atomic E-state index is -0.932. The first-order valence-electron chi connectivity index (χ1n) is 4.20. The lowest BCUT2D eigenvalue weighted by atomic mass is 10.1. The van der Waals surface area contributed by atoms with Gasteiger partial charge in [0.05, 0.1) is 12.5 Å². The molecule has 0 aromatic rings. The Kier molecular flexibility index (Phi) is 5.06. The van der Waals surface area contributed by atoms with Crippen LogP contribution in [0.25, 0.3) is 0 Å². The molecule has 0 fully saturated rings. The van der Waals surface area contributed by atoms with Crippen molar-refractivity contribution in [1.29, 1.82) is 0 Å². The van der Waals surface area contributed by atoms with E-state index >= 15 is 0 Å². The Morgan fingerprint density at radius 2 is 2.00 bits per heavy atom. The van der Waals surface area contributed by atoms with Crippen LogP contribution >= 0.6 is 0 Å². The molecule has 0 spiro atoms. The number of rotatable bonds is 5. The smallest absolute Gasteiger partial charge is 0.305 e. The van der Waals surface area contributed by atoms with Gasteiger partial charge in [-0.3, -0.25) is 9.59 Å². The fourth-order valence-electron chi connectivity index (χ4n) is 0.713. The van der Waals surface area contributed by atoms with Crippen LogP contribution in [0, 0.1) is 5.92 Å². The van der Waals surface area contributed by atoms with Crippen molar-refractivity contribution < 1.29 is 14.7 Å². The fourth-order valence-corrected chi connectivity index (χ4v) is 0.713. The van der Waals surface area contributed by atoms with Crippen molar-refractivity contribution >= 4 is 11.9 Å². The molecule has 0 radical (unpaired) electrons. The van der Waals surface area contributed by atoms with Gasteiger partial charge in [0.15, 0.2) is 0 Å². The maximum atomic E-state index is 11.1. The number of carboxylic acid groups (broad SMARTS) is 1. The minimum Gasteiger partial charge on any atom is -0.481 e. The number of aliphatic carboxylic acids is 1. The van der Waals surface area contributed by atoms with Crippen LogP contribution in [-0.2, 0) is 9.59 Å². The topological polar surface area (TPSA) is 92.4 Å². The lowest BCUT2D eigenvalue weighted by molar-refractivity contribution is -0.136. The summed E-state index contributed by atoms with van der Waals surface area (Å²) >= 11 is 0. The van der Waals surface area contributed by atoms with E-state index < -0.39 is 12.0 Å². The Morgan fingerprint density at radius 1 is 1.46 bits per heavy atom. The molecule has 4 N–H and O–H groups in total. The molecule has 0 saturated heterocycles. The van der Waals surface area contributed by atoms with Crippen molar-refractivity contribution in [2.24, 2.45) is 11.7 Å². The van der Waals surface area contributed by atoms with Gasteiger partial charge in [0, 0.05) is 6.54 Å². The van der Waals surface area contributed by atoms with E-state index in [-0.39, 0.29) is 24.8 Å². The number of carboxylic acids is 1. The highest BCUT2D eigenvalue weighted by Crippen LogP contribution is 1.97. The van der Waals surface area contributed by atoms with Crippen LogP contribution in [0.2, 0.25) is 0 Å². The summed E-state index contributed by atoms with van der Waals surface area (Å²) in [6.45, 7) is 3.80. The Labute approximate surface area is 77.3 Å². The summed E-state index contributed by atoms with van der Waals surface area (Å²) in [5.41, 5.74) is 5.52. The molecule has 1 unspecified atom stereocenters. The largest absolute Gasteiger partial charge is 0.481 e. The second-order valence-electron chi connectivity index (χ2n) is 3.20. The first kappa shape index (κ1) is 11.9. The van der Waals surface area contributed by atoms with E-state index in [1.165, 1.54) is 0 Å². The number of nitrogens with one attached hydrogen (secondary N) is 1. The molecule has 0 aliphatic heterocycles. The van der Waals surface area contributed by atoms with Gasteiger partial charge in [0.2, 0.25) is 5.91 Å². The zero-order valence-corrected chi connectivity index (χ0v) is 7.91. The Balaban J connectivity index is 3.68. The van der Waals surface area contributed by atoms with Gasteiger partial charge in [-0.15, -0.1) is 0 Å². The third kappa shape index (κ3) is 5.19. The molecular formula is C8H16N2O3. The second kappa shape index (κ2) is 5.53. The van der Waals surface area contributed by atoms with Gasteiger partial charge in [-0.25, -0.2) is 0 Å². The van der Waals surface area contributed by atoms with Crippen LogP contribution < -0.4 is 11.1 Å². The number of nitrogens with two attached hydrogens (primary N) is 1. The summed E-state index contributed by atoms with van der Waals surface area (Å²) in [5.74, 6) is -1.17. The Hall–Kier alpha value is -1.10. The summed E-state index contributed by atoms with van der Waals surface area (Å²) < 4.78 is 0. The molecule has 0 bridgehead atoms. The maximum absolute atomic E-state index is 11.1. The van der Waals surface area contributed by atoms with Crippen LogP contribution in [0.15, 0.2) is 0 Å². The van der Waals surface area contributed by atoms with E-state index in [2.05, 4.69) is 5.32 Å². The van der Waals surface area contributed by atoms with Gasteiger partial charge in [-0.1, -0.05) is 13.8 Å². The average molecular weight is 188 g/mol. The van der Waals surface area contributed by atoms with Gasteiger partial charge in [-0.05, 0) is 5.92 Å². The van der Waals surface area contributed by atoms with Crippen molar-refractivity contribution in [3.63, 3.8) is 0 Å². The van der Waals surface area contributed by atoms with Crippen molar-refractivity contribution in [2.75, 3.05) is 6.54 Å². The van der Waals surface area contributed by atoms with E-state index in [0.29, 0.717) is 0 Å². The standard InChI is InChI=1S/C8H16N2O3/c1-5(2)7(9)8(13)10-4-3-6(11)12/h5,7H,3-4,9H2,1-2H3,(H,10,13)(H,11,12). The van der Waals surface area contributed by atoms with Crippen molar-refractivity contribution in [1.82, 2.24) is 5.32 Å². The van der Waals surface area contributed by atoms with E-state index in [0.717, 1.165) is 0 Å². The van der Waals surface area contributed by atoms with Crippen molar-refractivity contribution in [3.8, 4) is 0 Å². The van der Waals surface area contributed by atoms with Crippen molar-refractivity contribution in [3.05, 3.63) is 0 Å². The van der Waals surface area contributed by atoms with Crippen LogP contribution in [0.5, 0.6) is 0 Å². The molecule has 0 saturated carbocycles. The molecule has 0 heterocycles. The summed E-state index contributed by atoms with van der Waals surface area (Å²) in [6.07, 6.45) is -0.0729. The number of hydrogen-bond donors (Lipinski definition) is 3. The molecule has 13 heavy (non-hydrogen) atoms. The predicted molar refractivity (Wildman–Crippen MR) is 48.1 cm³/mol. The lowest BCUT2D eigenvalue weighted by Crippen LogP contribution is -2.44. The highest BCUT2D eigenvalue weighted by Gasteiger charge is 2.16. The highest BCUT2D eigenvalue weighted by molar-refractivity contribution is 5.82. The SMILES string of the molecule is CC(C)C(N)C(=O)NCCC(=O)O. The van der Waals surface area contributed by atoms with Gasteiger partial charge in [-0.2, -0.15) is 0 Å². The first-order chi connectivity index (χ1) is 5.95.